The van der Waals surface area contributed by atoms with Gasteiger partial charge >= 0.3 is 12.1 Å². The third-order valence-corrected chi connectivity index (χ3v) is 3.10. The molecule has 4 amide bonds. The third kappa shape index (κ3) is 2.52. The Morgan fingerprint density at radius 3 is 3.12 bits per heavy atom. The molecule has 16 heavy (non-hydrogen) atoms. The monoisotopic (exact) mass is 239 g/mol. The van der Waals surface area contributed by atoms with E-state index in [1.54, 1.807) is 11.3 Å². The molecule has 6 heteroatoms. The van der Waals surface area contributed by atoms with Crippen LogP contribution in [0.4, 0.5) is 9.59 Å². The van der Waals surface area contributed by atoms with Crippen LogP contribution >= 0.6 is 11.3 Å². The summed E-state index contributed by atoms with van der Waals surface area (Å²) in [5, 5.41) is 9.36. The highest BCUT2D eigenvalue weighted by molar-refractivity contribution is 7.07. The van der Waals surface area contributed by atoms with Gasteiger partial charge in [0, 0.05) is 19.6 Å². The van der Waals surface area contributed by atoms with Crippen LogP contribution in [-0.2, 0) is 6.42 Å². The highest BCUT2D eigenvalue weighted by atomic mass is 32.1. The first-order valence-corrected chi connectivity index (χ1v) is 6.06. The van der Waals surface area contributed by atoms with E-state index in [2.05, 4.69) is 16.0 Å². The minimum absolute atomic E-state index is 0.312. The van der Waals surface area contributed by atoms with E-state index in [0.717, 1.165) is 6.42 Å². The number of carbonyl (C=O) groups is 2. The predicted molar refractivity (Wildman–Crippen MR) is 61.5 cm³/mol. The Morgan fingerprint density at radius 1 is 1.62 bits per heavy atom. The molecule has 86 valence electrons. The summed E-state index contributed by atoms with van der Waals surface area (Å²) in [6, 6.07) is 1.40. The lowest BCUT2D eigenvalue weighted by Crippen LogP contribution is -2.42. The number of amides is 4. The van der Waals surface area contributed by atoms with Crippen LogP contribution in [0.15, 0.2) is 16.8 Å². The van der Waals surface area contributed by atoms with Crippen molar-refractivity contribution in [3.8, 4) is 0 Å². The number of rotatable bonds is 3. The van der Waals surface area contributed by atoms with Gasteiger partial charge in [0.05, 0.1) is 0 Å². The smallest absolute Gasteiger partial charge is 0.325 e. The highest BCUT2D eigenvalue weighted by Crippen LogP contribution is 2.05. The molecule has 1 aromatic heterocycles. The number of hydrogen-bond donors (Lipinski definition) is 2. The van der Waals surface area contributed by atoms with Crippen molar-refractivity contribution in [1.29, 1.82) is 0 Å². The number of urea groups is 2. The van der Waals surface area contributed by atoms with E-state index >= 15 is 0 Å². The SMILES string of the molecule is O=C(NCCc1ccsc1)N1CCNC1=O. The lowest BCUT2D eigenvalue weighted by Gasteiger charge is -2.12. The summed E-state index contributed by atoms with van der Waals surface area (Å²) < 4.78 is 0. The van der Waals surface area contributed by atoms with Gasteiger partial charge in [-0.2, -0.15) is 11.3 Å². The summed E-state index contributed by atoms with van der Waals surface area (Å²) >= 11 is 1.64. The molecule has 5 nitrogen and oxygen atoms in total. The van der Waals surface area contributed by atoms with Crippen LogP contribution in [0, 0.1) is 0 Å². The highest BCUT2D eigenvalue weighted by Gasteiger charge is 2.25. The Hall–Kier alpha value is -1.56. The summed E-state index contributed by atoms with van der Waals surface area (Å²) in [5.41, 5.74) is 1.20. The Kier molecular flexibility index (Phi) is 3.40. The van der Waals surface area contributed by atoms with Gasteiger partial charge in [-0.1, -0.05) is 0 Å². The van der Waals surface area contributed by atoms with Crippen molar-refractivity contribution >= 4 is 23.4 Å². The molecule has 2 heterocycles. The first-order valence-electron chi connectivity index (χ1n) is 5.11. The molecule has 1 fully saturated rings. The molecule has 2 rings (SSSR count). The Morgan fingerprint density at radius 2 is 2.50 bits per heavy atom. The van der Waals surface area contributed by atoms with Gasteiger partial charge in [0.25, 0.3) is 0 Å². The van der Waals surface area contributed by atoms with E-state index in [1.165, 1.54) is 10.5 Å². The lowest BCUT2D eigenvalue weighted by atomic mass is 10.2. The molecule has 2 N–H and O–H groups in total. The number of nitrogens with zero attached hydrogens (tertiary/aromatic N) is 1. The van der Waals surface area contributed by atoms with Crippen LogP contribution in [0.1, 0.15) is 5.56 Å². The topological polar surface area (TPSA) is 61.4 Å². The molecular weight excluding hydrogens is 226 g/mol. The van der Waals surface area contributed by atoms with Crippen LogP contribution in [0.3, 0.4) is 0 Å². The molecule has 0 unspecified atom stereocenters. The number of imide groups is 1. The van der Waals surface area contributed by atoms with Crippen LogP contribution in [-0.4, -0.2) is 36.6 Å². The van der Waals surface area contributed by atoms with Crippen LogP contribution in [0.5, 0.6) is 0 Å². The fraction of sp³-hybridized carbons (Fsp3) is 0.400. The van der Waals surface area contributed by atoms with Gasteiger partial charge in [0.2, 0.25) is 0 Å². The molecule has 0 bridgehead atoms. The second kappa shape index (κ2) is 4.98. The van der Waals surface area contributed by atoms with Crippen molar-refractivity contribution in [3.63, 3.8) is 0 Å². The van der Waals surface area contributed by atoms with Gasteiger partial charge in [0.1, 0.15) is 0 Å². The molecule has 1 aliphatic rings. The van der Waals surface area contributed by atoms with E-state index < -0.39 is 0 Å². The second-order valence-electron chi connectivity index (χ2n) is 3.50. The van der Waals surface area contributed by atoms with E-state index in [9.17, 15) is 9.59 Å². The van der Waals surface area contributed by atoms with E-state index in [4.69, 9.17) is 0 Å². The van der Waals surface area contributed by atoms with E-state index in [0.29, 0.717) is 19.6 Å². The van der Waals surface area contributed by atoms with Gasteiger partial charge in [-0.25, -0.2) is 14.5 Å². The third-order valence-electron chi connectivity index (χ3n) is 2.37. The first kappa shape index (κ1) is 10.9. The second-order valence-corrected chi connectivity index (χ2v) is 4.28. The molecule has 0 atom stereocenters. The lowest BCUT2D eigenvalue weighted by molar-refractivity contribution is 0.199. The van der Waals surface area contributed by atoms with Crippen LogP contribution < -0.4 is 10.6 Å². The van der Waals surface area contributed by atoms with Crippen molar-refractivity contribution in [3.05, 3.63) is 22.4 Å². The maximum Gasteiger partial charge on any atom is 0.325 e. The van der Waals surface area contributed by atoms with Gasteiger partial charge < -0.3 is 10.6 Å². The minimum Gasteiger partial charge on any atom is -0.337 e. The zero-order chi connectivity index (χ0) is 11.4. The zero-order valence-electron chi connectivity index (χ0n) is 8.73. The Labute approximate surface area is 97.4 Å². The average Bonchev–Trinajstić information content (AvgIpc) is 2.88. The van der Waals surface area contributed by atoms with Gasteiger partial charge in [-0.05, 0) is 28.8 Å². The quantitative estimate of drug-likeness (QED) is 0.827. The Balaban J connectivity index is 1.73. The minimum atomic E-state index is -0.315. The molecule has 1 saturated heterocycles. The van der Waals surface area contributed by atoms with Crippen LogP contribution in [0.2, 0.25) is 0 Å². The average molecular weight is 239 g/mol. The number of carbonyl (C=O) groups excluding carboxylic acids is 2. The van der Waals surface area contributed by atoms with Crippen molar-refractivity contribution in [2.45, 2.75) is 6.42 Å². The van der Waals surface area contributed by atoms with Gasteiger partial charge in [0.15, 0.2) is 0 Å². The summed E-state index contributed by atoms with van der Waals surface area (Å²) in [6.07, 6.45) is 0.796. The molecular formula is C10H13N3O2S. The molecule has 1 aliphatic heterocycles. The molecule has 0 spiro atoms. The van der Waals surface area contributed by atoms with Crippen molar-refractivity contribution in [2.24, 2.45) is 0 Å². The summed E-state index contributed by atoms with van der Waals surface area (Å²) in [6.45, 7) is 1.54. The van der Waals surface area contributed by atoms with Gasteiger partial charge in [-0.15, -0.1) is 0 Å². The maximum absolute atomic E-state index is 11.5. The van der Waals surface area contributed by atoms with Gasteiger partial charge in [-0.3, -0.25) is 0 Å². The standard InChI is InChI=1S/C10H13N3O2S/c14-9(13-5-4-12-10(13)15)11-3-1-8-2-6-16-7-8/h2,6-7H,1,3-5H2,(H,11,14)(H,12,15). The first-order chi connectivity index (χ1) is 7.77. The zero-order valence-corrected chi connectivity index (χ0v) is 9.55. The van der Waals surface area contributed by atoms with E-state index in [1.807, 2.05) is 11.4 Å². The molecule has 0 aromatic carbocycles. The van der Waals surface area contributed by atoms with Crippen LogP contribution in [0.25, 0.3) is 0 Å². The van der Waals surface area contributed by atoms with Crippen molar-refractivity contribution in [2.75, 3.05) is 19.6 Å². The number of thiophene rings is 1. The maximum atomic E-state index is 11.5. The fourth-order valence-electron chi connectivity index (χ4n) is 1.51. The summed E-state index contributed by atoms with van der Waals surface area (Å²) in [5.74, 6) is 0. The fourth-order valence-corrected chi connectivity index (χ4v) is 2.21. The largest absolute Gasteiger partial charge is 0.337 e. The molecule has 0 aliphatic carbocycles. The predicted octanol–water partition coefficient (Wildman–Crippen LogP) is 1.03. The Bertz CT molecular complexity index is 377. The summed E-state index contributed by atoms with van der Waals surface area (Å²) in [7, 11) is 0. The number of hydrogen-bond acceptors (Lipinski definition) is 3. The normalized spacial score (nSPS) is 15.0. The number of nitrogens with one attached hydrogen (secondary N) is 2. The molecule has 1 aromatic rings. The molecule has 0 saturated carbocycles. The summed E-state index contributed by atoms with van der Waals surface area (Å²) in [4.78, 5) is 23.9. The van der Waals surface area contributed by atoms with E-state index in [-0.39, 0.29) is 12.1 Å². The van der Waals surface area contributed by atoms with Crippen molar-refractivity contribution < 1.29 is 9.59 Å². The van der Waals surface area contributed by atoms with Crippen molar-refractivity contribution in [1.82, 2.24) is 15.5 Å². The molecule has 0 radical (unpaired) electrons.